The van der Waals surface area contributed by atoms with Crippen LogP contribution in [0, 0.1) is 13.8 Å². The molecule has 2 heterocycles. The summed E-state index contributed by atoms with van der Waals surface area (Å²) in [7, 11) is 1.70. The average Bonchev–Trinajstić information content (AvgIpc) is 3.15. The van der Waals surface area contributed by atoms with E-state index in [1.165, 1.54) is 11.3 Å². The van der Waals surface area contributed by atoms with E-state index >= 15 is 0 Å². The summed E-state index contributed by atoms with van der Waals surface area (Å²) in [6.45, 7) is 4.19. The lowest BCUT2D eigenvalue weighted by Crippen LogP contribution is -1.97. The smallest absolute Gasteiger partial charge is 0.180 e. The third-order valence-corrected chi connectivity index (χ3v) is 5.19. The molecule has 0 atom stereocenters. The Hall–Kier alpha value is -2.79. The first-order valence-electron chi connectivity index (χ1n) is 8.06. The zero-order valence-corrected chi connectivity index (χ0v) is 15.2. The maximum atomic E-state index is 5.88. The van der Waals surface area contributed by atoms with E-state index in [1.54, 1.807) is 7.11 Å². The zero-order valence-electron chi connectivity index (χ0n) is 14.4. The van der Waals surface area contributed by atoms with Gasteiger partial charge in [0.1, 0.15) is 5.75 Å². The molecule has 2 aromatic heterocycles. The fraction of sp³-hybridized carbons (Fsp3) is 0.150. The minimum atomic E-state index is 0.578. The Balaban J connectivity index is 2.12. The molecule has 0 aliphatic heterocycles. The van der Waals surface area contributed by atoms with Gasteiger partial charge < -0.3 is 15.0 Å². The Morgan fingerprint density at radius 3 is 2.52 bits per heavy atom. The average molecular weight is 349 g/mol. The number of aromatic nitrogens is 2. The SMILES string of the molecule is COc1cc2c(-c3csc(N)n3)c(C)n(-c3ccccc3)c2cc1C. The van der Waals surface area contributed by atoms with E-state index in [0.29, 0.717) is 5.13 Å². The van der Waals surface area contributed by atoms with Gasteiger partial charge in [0.2, 0.25) is 0 Å². The Morgan fingerprint density at radius 1 is 1.12 bits per heavy atom. The van der Waals surface area contributed by atoms with Crippen LogP contribution in [-0.4, -0.2) is 16.7 Å². The molecule has 0 bridgehead atoms. The third kappa shape index (κ3) is 2.48. The van der Waals surface area contributed by atoms with Crippen molar-refractivity contribution < 1.29 is 4.74 Å². The number of nitrogen functional groups attached to an aromatic ring is 1. The third-order valence-electron chi connectivity index (χ3n) is 4.51. The number of rotatable bonds is 3. The maximum Gasteiger partial charge on any atom is 0.180 e. The fourth-order valence-electron chi connectivity index (χ4n) is 3.40. The van der Waals surface area contributed by atoms with Gasteiger partial charge in [-0.25, -0.2) is 4.98 Å². The number of methoxy groups -OCH3 is 1. The lowest BCUT2D eigenvalue weighted by atomic mass is 10.1. The molecule has 0 aliphatic rings. The highest BCUT2D eigenvalue weighted by Crippen LogP contribution is 2.40. The molecule has 25 heavy (non-hydrogen) atoms. The van der Waals surface area contributed by atoms with Crippen LogP contribution in [0.25, 0.3) is 27.8 Å². The van der Waals surface area contributed by atoms with E-state index in [2.05, 4.69) is 59.8 Å². The number of nitrogens with zero attached hydrogens (tertiary/aromatic N) is 2. The highest BCUT2D eigenvalue weighted by Gasteiger charge is 2.20. The van der Waals surface area contributed by atoms with Gasteiger partial charge >= 0.3 is 0 Å². The lowest BCUT2D eigenvalue weighted by molar-refractivity contribution is 0.412. The van der Waals surface area contributed by atoms with E-state index in [9.17, 15) is 0 Å². The van der Waals surface area contributed by atoms with Crippen molar-refractivity contribution in [2.24, 2.45) is 0 Å². The highest BCUT2D eigenvalue weighted by atomic mass is 32.1. The van der Waals surface area contributed by atoms with Gasteiger partial charge in [-0.3, -0.25) is 0 Å². The highest BCUT2D eigenvalue weighted by molar-refractivity contribution is 7.13. The number of hydrogen-bond acceptors (Lipinski definition) is 4. The molecule has 4 nitrogen and oxygen atoms in total. The predicted octanol–water partition coefficient (Wildman–Crippen LogP) is 4.96. The molecule has 2 aromatic carbocycles. The summed E-state index contributed by atoms with van der Waals surface area (Å²) in [6, 6.07) is 14.6. The summed E-state index contributed by atoms with van der Waals surface area (Å²) in [5.74, 6) is 0.877. The molecule has 2 N–H and O–H groups in total. The molecule has 0 unspecified atom stereocenters. The topological polar surface area (TPSA) is 53.1 Å². The normalized spacial score (nSPS) is 11.2. The number of aryl methyl sites for hydroxylation is 1. The predicted molar refractivity (Wildman–Crippen MR) is 105 cm³/mol. The number of fused-ring (bicyclic) bond motifs is 1. The van der Waals surface area contributed by atoms with Gasteiger partial charge in [0.15, 0.2) is 5.13 Å². The Morgan fingerprint density at radius 2 is 1.88 bits per heavy atom. The summed E-state index contributed by atoms with van der Waals surface area (Å²) >= 11 is 1.46. The number of anilines is 1. The van der Waals surface area contributed by atoms with Crippen molar-refractivity contribution in [3.8, 4) is 22.7 Å². The zero-order chi connectivity index (χ0) is 17.6. The van der Waals surface area contributed by atoms with Gasteiger partial charge in [0, 0.05) is 27.7 Å². The molecule has 4 aromatic rings. The summed E-state index contributed by atoms with van der Waals surface area (Å²) < 4.78 is 7.82. The van der Waals surface area contributed by atoms with Crippen LogP contribution in [0.4, 0.5) is 5.13 Å². The van der Waals surface area contributed by atoms with Gasteiger partial charge in [-0.2, -0.15) is 0 Å². The lowest BCUT2D eigenvalue weighted by Gasteiger charge is -2.10. The van der Waals surface area contributed by atoms with Crippen LogP contribution in [0.3, 0.4) is 0 Å². The standard InChI is InChI=1S/C20H19N3OS/c1-12-9-17-15(10-18(12)24-3)19(16-11-25-20(21)22-16)13(2)23(17)14-7-5-4-6-8-14/h4-11H,1-3H3,(H2,21,22). The number of nitrogens with two attached hydrogens (primary N) is 1. The van der Waals surface area contributed by atoms with Crippen molar-refractivity contribution in [1.82, 2.24) is 9.55 Å². The van der Waals surface area contributed by atoms with Crippen molar-refractivity contribution in [2.45, 2.75) is 13.8 Å². The summed E-state index contributed by atoms with van der Waals surface area (Å²) in [5, 5.41) is 3.71. The summed E-state index contributed by atoms with van der Waals surface area (Å²) in [5.41, 5.74) is 12.4. The number of para-hydroxylation sites is 1. The molecule has 4 rings (SSSR count). The van der Waals surface area contributed by atoms with Gasteiger partial charge in [-0.1, -0.05) is 18.2 Å². The van der Waals surface area contributed by atoms with Crippen molar-refractivity contribution in [3.63, 3.8) is 0 Å². The quantitative estimate of drug-likeness (QED) is 0.568. The Bertz CT molecular complexity index is 1060. The first kappa shape index (κ1) is 15.7. The van der Waals surface area contributed by atoms with Crippen LogP contribution in [-0.2, 0) is 0 Å². The number of thiazole rings is 1. The molecular weight excluding hydrogens is 330 g/mol. The second kappa shape index (κ2) is 5.93. The van der Waals surface area contributed by atoms with Gasteiger partial charge in [0.25, 0.3) is 0 Å². The van der Waals surface area contributed by atoms with Crippen LogP contribution in [0.15, 0.2) is 47.8 Å². The van der Waals surface area contributed by atoms with E-state index in [4.69, 9.17) is 10.5 Å². The van der Waals surface area contributed by atoms with Crippen LogP contribution in [0.5, 0.6) is 5.75 Å². The van der Waals surface area contributed by atoms with E-state index < -0.39 is 0 Å². The van der Waals surface area contributed by atoms with Gasteiger partial charge in [0.05, 0.1) is 18.3 Å². The molecular formula is C20H19N3OS. The minimum Gasteiger partial charge on any atom is -0.496 e. The van der Waals surface area contributed by atoms with Crippen molar-refractivity contribution in [3.05, 3.63) is 59.1 Å². The second-order valence-electron chi connectivity index (χ2n) is 6.04. The summed E-state index contributed by atoms with van der Waals surface area (Å²) in [6.07, 6.45) is 0. The Labute approximate surface area is 150 Å². The van der Waals surface area contributed by atoms with E-state index in [1.807, 2.05) is 11.4 Å². The van der Waals surface area contributed by atoms with Crippen LogP contribution in [0.1, 0.15) is 11.3 Å². The van der Waals surface area contributed by atoms with Crippen LogP contribution < -0.4 is 10.5 Å². The van der Waals surface area contributed by atoms with Crippen LogP contribution in [0.2, 0.25) is 0 Å². The van der Waals surface area contributed by atoms with Crippen molar-refractivity contribution in [2.75, 3.05) is 12.8 Å². The molecule has 126 valence electrons. The molecule has 0 saturated heterocycles. The number of benzene rings is 2. The van der Waals surface area contributed by atoms with E-state index in [-0.39, 0.29) is 0 Å². The summed E-state index contributed by atoms with van der Waals surface area (Å²) in [4.78, 5) is 4.52. The van der Waals surface area contributed by atoms with Crippen LogP contribution >= 0.6 is 11.3 Å². The molecule has 0 amide bonds. The molecule has 5 heteroatoms. The second-order valence-corrected chi connectivity index (χ2v) is 6.93. The molecule has 0 radical (unpaired) electrons. The molecule has 0 fully saturated rings. The first-order chi connectivity index (χ1) is 12.1. The Kier molecular flexibility index (Phi) is 3.73. The van der Waals surface area contributed by atoms with Crippen molar-refractivity contribution >= 4 is 27.4 Å². The largest absolute Gasteiger partial charge is 0.496 e. The van der Waals surface area contributed by atoms with Crippen molar-refractivity contribution in [1.29, 1.82) is 0 Å². The maximum absolute atomic E-state index is 5.88. The minimum absolute atomic E-state index is 0.578. The number of hydrogen-bond donors (Lipinski definition) is 1. The molecule has 0 saturated carbocycles. The molecule has 0 spiro atoms. The van der Waals surface area contributed by atoms with E-state index in [0.717, 1.165) is 44.9 Å². The van der Waals surface area contributed by atoms with Gasteiger partial charge in [-0.15, -0.1) is 11.3 Å². The first-order valence-corrected chi connectivity index (χ1v) is 8.94. The fourth-order valence-corrected chi connectivity index (χ4v) is 3.95. The molecule has 0 aliphatic carbocycles. The van der Waals surface area contributed by atoms with Gasteiger partial charge in [-0.05, 0) is 43.7 Å². The number of ether oxygens (including phenoxy) is 1. The monoisotopic (exact) mass is 349 g/mol.